The molecule has 3 nitrogen and oxygen atoms in total. The van der Waals surface area contributed by atoms with E-state index in [0.717, 1.165) is 0 Å². The monoisotopic (exact) mass is 359 g/mol. The number of nitrogens with two attached hydrogens (primary N) is 1. The summed E-state index contributed by atoms with van der Waals surface area (Å²) in [6.45, 7) is 0. The van der Waals surface area contributed by atoms with Crippen molar-refractivity contribution in [3.05, 3.63) is 61.5 Å². The van der Waals surface area contributed by atoms with Gasteiger partial charge in [0, 0.05) is 15.6 Å². The Bertz CT molecular complexity index is 702. The summed E-state index contributed by atoms with van der Waals surface area (Å²) in [5, 5.41) is 10.9. The fourth-order valence-corrected chi connectivity index (χ4v) is 2.95. The maximum Gasteiger partial charge on any atom is 0.0992 e. The number of rotatable bonds is 3. The Kier molecular flexibility index (Phi) is 5.21. The van der Waals surface area contributed by atoms with Crippen LogP contribution in [-0.2, 0) is 0 Å². The molecule has 7 heteroatoms. The Labute approximate surface area is 142 Å². The van der Waals surface area contributed by atoms with Crippen molar-refractivity contribution in [2.45, 2.75) is 5.92 Å². The Morgan fingerprint density at radius 3 is 2.05 bits per heavy atom. The quantitative estimate of drug-likeness (QED) is 0.581. The molecule has 0 radical (unpaired) electrons. The van der Waals surface area contributed by atoms with E-state index in [0.29, 0.717) is 36.9 Å². The van der Waals surface area contributed by atoms with Crippen LogP contribution in [0.25, 0.3) is 0 Å². The van der Waals surface area contributed by atoms with Crippen molar-refractivity contribution in [3.63, 3.8) is 0 Å². The minimum atomic E-state index is -0.661. The maximum absolute atomic E-state index is 9.48. The predicted molar refractivity (Wildman–Crippen MR) is 88.2 cm³/mol. The third kappa shape index (κ3) is 3.37. The number of hydrogen-bond donors (Lipinski definition) is 2. The molecule has 2 aromatic carbocycles. The largest absolute Gasteiger partial charge is 0.324 e. The first kappa shape index (κ1) is 16.2. The van der Waals surface area contributed by atoms with Crippen LogP contribution < -0.4 is 11.3 Å². The molecule has 0 aliphatic carbocycles. The van der Waals surface area contributed by atoms with E-state index in [1.165, 1.54) is 0 Å². The molecule has 108 valence electrons. The molecule has 0 fully saturated rings. The van der Waals surface area contributed by atoms with Crippen molar-refractivity contribution in [1.29, 1.82) is 5.26 Å². The first-order chi connectivity index (χ1) is 9.97. The molecule has 0 aliphatic heterocycles. The van der Waals surface area contributed by atoms with E-state index in [-0.39, 0.29) is 0 Å². The van der Waals surface area contributed by atoms with Gasteiger partial charge >= 0.3 is 0 Å². The molecular weight excluding hydrogens is 352 g/mol. The molecule has 1 atom stereocenters. The van der Waals surface area contributed by atoms with E-state index >= 15 is 0 Å². The summed E-state index contributed by atoms with van der Waals surface area (Å²) >= 11 is 24.3. The minimum Gasteiger partial charge on any atom is -0.324 e. The van der Waals surface area contributed by atoms with Crippen molar-refractivity contribution in [2.24, 2.45) is 5.84 Å². The van der Waals surface area contributed by atoms with E-state index in [9.17, 15) is 5.26 Å². The standard InChI is InChI=1S/C14H9Cl4N3/c15-10-2-1-7(3-11(10)16)9(6-19)14-12(17)4-8(21-20)5-13(14)18/h1-5,9,21H,20H2. The first-order valence-electron chi connectivity index (χ1n) is 5.78. The second-order valence-corrected chi connectivity index (χ2v) is 5.86. The molecule has 2 aromatic rings. The number of hydrogen-bond acceptors (Lipinski definition) is 3. The van der Waals surface area contributed by atoms with Gasteiger partial charge in [-0.25, -0.2) is 0 Å². The van der Waals surface area contributed by atoms with Crippen molar-refractivity contribution < 1.29 is 0 Å². The molecule has 2 rings (SSSR count). The molecular formula is C14H9Cl4N3. The van der Waals surface area contributed by atoms with Crippen LogP contribution in [0.1, 0.15) is 17.0 Å². The van der Waals surface area contributed by atoms with Crippen molar-refractivity contribution in [2.75, 3.05) is 5.43 Å². The van der Waals surface area contributed by atoms with Crippen molar-refractivity contribution in [1.82, 2.24) is 0 Å². The van der Waals surface area contributed by atoms with Gasteiger partial charge in [0.05, 0.1) is 27.7 Å². The van der Waals surface area contributed by atoms with E-state index in [1.54, 1.807) is 30.3 Å². The molecule has 3 N–H and O–H groups in total. The highest BCUT2D eigenvalue weighted by Gasteiger charge is 2.21. The average molecular weight is 361 g/mol. The lowest BCUT2D eigenvalue weighted by molar-refractivity contribution is 1.04. The summed E-state index contributed by atoms with van der Waals surface area (Å²) in [7, 11) is 0. The second-order valence-electron chi connectivity index (χ2n) is 4.23. The smallest absolute Gasteiger partial charge is 0.0992 e. The zero-order chi connectivity index (χ0) is 15.6. The predicted octanol–water partition coefficient (Wildman–Crippen LogP) is 5.24. The van der Waals surface area contributed by atoms with Gasteiger partial charge < -0.3 is 5.43 Å². The number of nitrogens with one attached hydrogen (secondary N) is 1. The molecule has 0 aromatic heterocycles. The number of nitrogens with zero attached hydrogens (tertiary/aromatic N) is 1. The Morgan fingerprint density at radius 1 is 0.952 bits per heavy atom. The fraction of sp³-hybridized carbons (Fsp3) is 0.0714. The van der Waals surface area contributed by atoms with Gasteiger partial charge in [-0.1, -0.05) is 52.5 Å². The third-order valence-electron chi connectivity index (χ3n) is 2.94. The summed E-state index contributed by atoms with van der Waals surface area (Å²) in [4.78, 5) is 0. The molecule has 0 heterocycles. The zero-order valence-corrected chi connectivity index (χ0v) is 13.5. The molecule has 0 aliphatic rings. The number of nitrogen functional groups attached to an aromatic ring is 1. The molecule has 0 bridgehead atoms. The molecule has 1 unspecified atom stereocenters. The highest BCUT2D eigenvalue weighted by atomic mass is 35.5. The summed E-state index contributed by atoms with van der Waals surface area (Å²) in [6.07, 6.45) is 0. The van der Waals surface area contributed by atoms with Crippen LogP contribution >= 0.6 is 46.4 Å². The van der Waals surface area contributed by atoms with Crippen LogP contribution in [0.3, 0.4) is 0 Å². The van der Waals surface area contributed by atoms with Gasteiger partial charge in [0.25, 0.3) is 0 Å². The molecule has 21 heavy (non-hydrogen) atoms. The second kappa shape index (κ2) is 6.74. The average Bonchev–Trinajstić information content (AvgIpc) is 2.45. The van der Waals surface area contributed by atoms with Gasteiger partial charge in [0.1, 0.15) is 0 Å². The van der Waals surface area contributed by atoms with E-state index in [1.807, 2.05) is 0 Å². The van der Waals surface area contributed by atoms with Crippen molar-refractivity contribution in [3.8, 4) is 6.07 Å². The SMILES string of the molecule is N#CC(c1ccc(Cl)c(Cl)c1)c1c(Cl)cc(NN)cc1Cl. The number of benzene rings is 2. The Morgan fingerprint density at radius 2 is 1.57 bits per heavy atom. The summed E-state index contributed by atoms with van der Waals surface area (Å²) < 4.78 is 0. The molecule has 0 saturated heterocycles. The number of nitriles is 1. The number of anilines is 1. The van der Waals surface area contributed by atoms with Crippen LogP contribution in [0.4, 0.5) is 5.69 Å². The lowest BCUT2D eigenvalue weighted by atomic mass is 9.92. The van der Waals surface area contributed by atoms with Crippen LogP contribution in [0.2, 0.25) is 20.1 Å². The lowest BCUT2D eigenvalue weighted by Gasteiger charge is -2.15. The van der Waals surface area contributed by atoms with Gasteiger partial charge in [0.15, 0.2) is 0 Å². The Hall–Kier alpha value is -1.15. The summed E-state index contributed by atoms with van der Waals surface area (Å²) in [5.74, 6) is 4.67. The highest BCUT2D eigenvalue weighted by Crippen LogP contribution is 2.38. The fourth-order valence-electron chi connectivity index (χ4n) is 1.94. The van der Waals surface area contributed by atoms with Crippen LogP contribution in [-0.4, -0.2) is 0 Å². The van der Waals surface area contributed by atoms with E-state index < -0.39 is 5.92 Å². The van der Waals surface area contributed by atoms with Gasteiger partial charge in [-0.2, -0.15) is 5.26 Å². The lowest BCUT2D eigenvalue weighted by Crippen LogP contribution is -2.08. The topological polar surface area (TPSA) is 61.8 Å². The summed E-state index contributed by atoms with van der Waals surface area (Å²) in [5.41, 5.74) is 4.17. The van der Waals surface area contributed by atoms with Gasteiger partial charge in [-0.15, -0.1) is 0 Å². The van der Waals surface area contributed by atoms with Crippen LogP contribution in [0.5, 0.6) is 0 Å². The van der Waals surface area contributed by atoms with Gasteiger partial charge in [-0.05, 0) is 29.8 Å². The maximum atomic E-state index is 9.48. The number of hydrazine groups is 1. The Balaban J connectivity index is 2.57. The molecule has 0 spiro atoms. The van der Waals surface area contributed by atoms with Crippen molar-refractivity contribution >= 4 is 52.1 Å². The first-order valence-corrected chi connectivity index (χ1v) is 7.29. The highest BCUT2D eigenvalue weighted by molar-refractivity contribution is 6.42. The van der Waals surface area contributed by atoms with Crippen LogP contribution in [0, 0.1) is 11.3 Å². The molecule has 0 amide bonds. The summed E-state index contributed by atoms with van der Waals surface area (Å²) in [6, 6.07) is 10.3. The number of halogens is 4. The van der Waals surface area contributed by atoms with E-state index in [2.05, 4.69) is 11.5 Å². The zero-order valence-electron chi connectivity index (χ0n) is 10.5. The molecule has 0 saturated carbocycles. The normalized spacial score (nSPS) is 11.8. The third-order valence-corrected chi connectivity index (χ3v) is 4.30. The minimum absolute atomic E-state index is 0.341. The van der Waals surface area contributed by atoms with Gasteiger partial charge in [0.2, 0.25) is 0 Å². The van der Waals surface area contributed by atoms with E-state index in [4.69, 9.17) is 52.2 Å². The van der Waals surface area contributed by atoms with Crippen LogP contribution in [0.15, 0.2) is 30.3 Å². The van der Waals surface area contributed by atoms with Gasteiger partial charge in [-0.3, -0.25) is 5.84 Å².